The van der Waals surface area contributed by atoms with Crippen molar-refractivity contribution in [3.63, 3.8) is 0 Å². The number of hydrogen-bond donors (Lipinski definition) is 2. The maximum Gasteiger partial charge on any atom is 0.349 e. The molecule has 2 N–H and O–H groups in total. The van der Waals surface area contributed by atoms with Gasteiger partial charge in [-0.1, -0.05) is 6.07 Å². The van der Waals surface area contributed by atoms with Crippen LogP contribution in [-0.2, 0) is 16.6 Å². The van der Waals surface area contributed by atoms with Gasteiger partial charge in [-0.25, -0.2) is 14.6 Å². The van der Waals surface area contributed by atoms with Crippen LogP contribution < -0.4 is 16.2 Å². The highest BCUT2D eigenvalue weighted by molar-refractivity contribution is 7.20. The quantitative estimate of drug-likeness (QED) is 0.616. The van der Waals surface area contributed by atoms with Gasteiger partial charge >= 0.3 is 12.0 Å². The summed E-state index contributed by atoms with van der Waals surface area (Å²) in [5.74, 6) is -1.54. The Bertz CT molecular complexity index is 1230. The SMILES string of the molecule is Cc1ccc(NC(=O)NC(=O)COC(=O)c2sc3ncn(C)c(=O)c3c2C)cc1C. The van der Waals surface area contributed by atoms with Crippen LogP contribution in [0.3, 0.4) is 0 Å². The molecular weight excluding hydrogens is 408 g/mol. The number of rotatable bonds is 4. The summed E-state index contributed by atoms with van der Waals surface area (Å²) in [6.45, 7) is 4.83. The number of hydrogen-bond acceptors (Lipinski definition) is 7. The van der Waals surface area contributed by atoms with Gasteiger partial charge in [-0.05, 0) is 49.6 Å². The molecule has 0 spiro atoms. The molecule has 10 heteroatoms. The number of aromatic nitrogens is 2. The van der Waals surface area contributed by atoms with Crippen molar-refractivity contribution in [2.75, 3.05) is 11.9 Å². The summed E-state index contributed by atoms with van der Waals surface area (Å²) in [6.07, 6.45) is 1.37. The fourth-order valence-corrected chi connectivity index (χ4v) is 3.78. The van der Waals surface area contributed by atoms with Crippen molar-refractivity contribution in [3.05, 3.63) is 56.4 Å². The molecule has 3 aromatic rings. The van der Waals surface area contributed by atoms with E-state index in [4.69, 9.17) is 4.74 Å². The van der Waals surface area contributed by atoms with Crippen molar-refractivity contribution in [2.24, 2.45) is 7.05 Å². The average molecular weight is 428 g/mol. The van der Waals surface area contributed by atoms with Crippen LogP contribution in [-0.4, -0.2) is 34.1 Å². The van der Waals surface area contributed by atoms with Crippen molar-refractivity contribution >= 4 is 45.1 Å². The molecule has 0 atom stereocenters. The van der Waals surface area contributed by atoms with Crippen LogP contribution in [0.25, 0.3) is 10.2 Å². The Hall–Kier alpha value is -3.53. The maximum absolute atomic E-state index is 12.4. The topological polar surface area (TPSA) is 119 Å². The van der Waals surface area contributed by atoms with Crippen molar-refractivity contribution < 1.29 is 19.1 Å². The number of fused-ring (bicyclic) bond motifs is 1. The number of carbonyl (C=O) groups excluding carboxylic acids is 3. The highest BCUT2D eigenvalue weighted by atomic mass is 32.1. The second kappa shape index (κ2) is 8.46. The predicted molar refractivity (Wildman–Crippen MR) is 113 cm³/mol. The number of nitrogens with zero attached hydrogens (tertiary/aromatic N) is 2. The van der Waals surface area contributed by atoms with Gasteiger partial charge in [0.05, 0.1) is 11.7 Å². The standard InChI is InChI=1S/C20H20N4O5S/c1-10-5-6-13(7-11(10)2)22-20(28)23-14(25)8-29-19(27)16-12(3)15-17(30-16)21-9-24(4)18(15)26/h5-7,9H,8H2,1-4H3,(H2,22,23,25,28). The molecule has 30 heavy (non-hydrogen) atoms. The summed E-state index contributed by atoms with van der Waals surface area (Å²) in [7, 11) is 1.57. The van der Waals surface area contributed by atoms with Crippen LogP contribution >= 0.6 is 11.3 Å². The van der Waals surface area contributed by atoms with Gasteiger partial charge in [0.25, 0.3) is 11.5 Å². The largest absolute Gasteiger partial charge is 0.451 e. The highest BCUT2D eigenvalue weighted by Gasteiger charge is 2.21. The first-order valence-electron chi connectivity index (χ1n) is 8.97. The Morgan fingerprint density at radius 3 is 2.60 bits per heavy atom. The average Bonchev–Trinajstić information content (AvgIpc) is 3.03. The molecule has 2 aromatic heterocycles. The minimum atomic E-state index is -0.780. The molecule has 2 heterocycles. The summed E-state index contributed by atoms with van der Waals surface area (Å²) in [6, 6.07) is 4.62. The molecule has 9 nitrogen and oxygen atoms in total. The highest BCUT2D eigenvalue weighted by Crippen LogP contribution is 2.27. The van der Waals surface area contributed by atoms with Crippen LogP contribution in [0.15, 0.2) is 29.3 Å². The lowest BCUT2D eigenvalue weighted by Gasteiger charge is -2.09. The zero-order valence-corrected chi connectivity index (χ0v) is 17.7. The number of imide groups is 1. The molecule has 0 aliphatic rings. The van der Waals surface area contributed by atoms with E-state index >= 15 is 0 Å². The normalized spacial score (nSPS) is 10.7. The van der Waals surface area contributed by atoms with Crippen molar-refractivity contribution in [3.8, 4) is 0 Å². The first-order valence-corrected chi connectivity index (χ1v) is 9.79. The van der Waals surface area contributed by atoms with E-state index in [9.17, 15) is 19.2 Å². The van der Waals surface area contributed by atoms with E-state index in [2.05, 4.69) is 15.6 Å². The molecule has 0 unspecified atom stereocenters. The molecule has 1 aromatic carbocycles. The summed E-state index contributed by atoms with van der Waals surface area (Å²) in [4.78, 5) is 53.2. The second-order valence-electron chi connectivity index (χ2n) is 6.77. The van der Waals surface area contributed by atoms with Gasteiger partial charge in [0.15, 0.2) is 6.61 Å². The van der Waals surface area contributed by atoms with Crippen molar-refractivity contribution in [1.82, 2.24) is 14.9 Å². The van der Waals surface area contributed by atoms with E-state index in [0.717, 1.165) is 22.5 Å². The zero-order chi connectivity index (χ0) is 22.0. The Morgan fingerprint density at radius 1 is 1.17 bits per heavy atom. The molecule has 0 saturated heterocycles. The number of nitrogens with one attached hydrogen (secondary N) is 2. The fourth-order valence-electron chi connectivity index (χ4n) is 2.74. The first kappa shape index (κ1) is 21.2. The third-order valence-corrected chi connectivity index (χ3v) is 5.73. The van der Waals surface area contributed by atoms with Gasteiger partial charge in [-0.3, -0.25) is 14.9 Å². The van der Waals surface area contributed by atoms with E-state index < -0.39 is 24.5 Å². The molecule has 3 amide bonds. The number of aryl methyl sites for hydroxylation is 4. The molecule has 0 fully saturated rings. The van der Waals surface area contributed by atoms with Gasteiger partial charge in [0.1, 0.15) is 9.71 Å². The molecule has 0 bridgehead atoms. The number of anilines is 1. The molecule has 0 radical (unpaired) electrons. The molecule has 0 aliphatic carbocycles. The number of urea groups is 1. The third kappa shape index (κ3) is 4.38. The lowest BCUT2D eigenvalue weighted by Crippen LogP contribution is -2.37. The minimum Gasteiger partial charge on any atom is -0.451 e. The fraction of sp³-hybridized carbons (Fsp3) is 0.250. The Balaban J connectivity index is 1.60. The van der Waals surface area contributed by atoms with Crippen molar-refractivity contribution in [1.29, 1.82) is 0 Å². The van der Waals surface area contributed by atoms with Gasteiger partial charge < -0.3 is 14.6 Å². The molecule has 3 rings (SSSR count). The summed E-state index contributed by atoms with van der Waals surface area (Å²) >= 11 is 1.01. The lowest BCUT2D eigenvalue weighted by atomic mass is 10.1. The molecular formula is C20H20N4O5S. The number of amides is 3. The van der Waals surface area contributed by atoms with Crippen LogP contribution in [0, 0.1) is 20.8 Å². The summed E-state index contributed by atoms with van der Waals surface area (Å²) in [5, 5.41) is 4.98. The van der Waals surface area contributed by atoms with Crippen LogP contribution in [0.1, 0.15) is 26.4 Å². The number of thiophene rings is 1. The van der Waals surface area contributed by atoms with Gasteiger partial charge in [-0.15, -0.1) is 11.3 Å². The van der Waals surface area contributed by atoms with Crippen LogP contribution in [0.4, 0.5) is 10.5 Å². The minimum absolute atomic E-state index is 0.188. The smallest absolute Gasteiger partial charge is 0.349 e. The Kier molecular flexibility index (Phi) is 5.97. The van der Waals surface area contributed by atoms with E-state index in [1.165, 1.54) is 10.9 Å². The monoisotopic (exact) mass is 428 g/mol. The number of esters is 1. The number of benzene rings is 1. The van der Waals surface area contributed by atoms with Gasteiger partial charge in [0, 0.05) is 12.7 Å². The van der Waals surface area contributed by atoms with Crippen LogP contribution in [0.5, 0.6) is 0 Å². The zero-order valence-electron chi connectivity index (χ0n) is 16.9. The number of carbonyl (C=O) groups is 3. The van der Waals surface area contributed by atoms with Crippen molar-refractivity contribution in [2.45, 2.75) is 20.8 Å². The Labute approximate surface area is 175 Å². The third-order valence-electron chi connectivity index (χ3n) is 4.55. The molecule has 156 valence electrons. The first-order chi connectivity index (χ1) is 14.2. The second-order valence-corrected chi connectivity index (χ2v) is 7.77. The molecule has 0 aliphatic heterocycles. The van der Waals surface area contributed by atoms with E-state index in [1.807, 2.05) is 19.9 Å². The lowest BCUT2D eigenvalue weighted by molar-refractivity contribution is -0.123. The van der Waals surface area contributed by atoms with E-state index in [-0.39, 0.29) is 10.4 Å². The van der Waals surface area contributed by atoms with E-state index in [0.29, 0.717) is 21.5 Å². The van der Waals surface area contributed by atoms with Crippen LogP contribution in [0.2, 0.25) is 0 Å². The molecule has 0 saturated carbocycles. The predicted octanol–water partition coefficient (Wildman–Crippen LogP) is 2.43. The Morgan fingerprint density at radius 2 is 1.90 bits per heavy atom. The van der Waals surface area contributed by atoms with Gasteiger partial charge in [0.2, 0.25) is 0 Å². The maximum atomic E-state index is 12.4. The summed E-state index contributed by atoms with van der Waals surface area (Å²) in [5.41, 5.74) is 2.79. The summed E-state index contributed by atoms with van der Waals surface area (Å²) < 4.78 is 6.32. The number of ether oxygens (including phenoxy) is 1. The van der Waals surface area contributed by atoms with E-state index in [1.54, 1.807) is 26.1 Å². The van der Waals surface area contributed by atoms with Gasteiger partial charge in [-0.2, -0.15) is 0 Å².